The molecule has 1 saturated carbocycles. The first kappa shape index (κ1) is 20.0. The molecule has 2 aromatic carbocycles. The molecule has 1 aliphatic carbocycles. The first-order chi connectivity index (χ1) is 14.7. The van der Waals surface area contributed by atoms with Gasteiger partial charge in [0.25, 0.3) is 0 Å². The highest BCUT2D eigenvalue weighted by atomic mass is 16.5. The first-order valence-electron chi connectivity index (χ1n) is 10.9. The average Bonchev–Trinajstić information content (AvgIpc) is 3.20. The summed E-state index contributed by atoms with van der Waals surface area (Å²) in [6, 6.07) is 20.2. The van der Waals surface area contributed by atoms with Crippen LogP contribution in [0.2, 0.25) is 0 Å². The third kappa shape index (κ3) is 3.18. The molecule has 2 amide bonds. The van der Waals surface area contributed by atoms with E-state index < -0.39 is 16.2 Å². The third-order valence-corrected chi connectivity index (χ3v) is 7.23. The second kappa shape index (κ2) is 6.78. The van der Waals surface area contributed by atoms with E-state index in [1.807, 2.05) is 50.2 Å². The molecule has 2 fully saturated rings. The molecule has 2 aromatic rings. The van der Waals surface area contributed by atoms with E-state index in [1.54, 1.807) is 0 Å². The number of carbonyl (C=O) groups excluding carboxylic acids is 2. The van der Waals surface area contributed by atoms with Crippen molar-refractivity contribution in [1.29, 1.82) is 0 Å². The number of amides is 2. The van der Waals surface area contributed by atoms with Crippen LogP contribution in [0, 0.1) is 16.2 Å². The Balaban J connectivity index is 1.56. The minimum atomic E-state index is -0.616. The van der Waals surface area contributed by atoms with E-state index in [1.165, 1.54) is 0 Å². The Kier molecular flexibility index (Phi) is 4.37. The number of nitrogens with zero attached hydrogens (tertiary/aromatic N) is 1. The van der Waals surface area contributed by atoms with Gasteiger partial charge in [-0.15, -0.1) is 0 Å². The van der Waals surface area contributed by atoms with Crippen molar-refractivity contribution >= 4 is 17.7 Å². The van der Waals surface area contributed by atoms with Crippen LogP contribution in [0.25, 0.3) is 0 Å². The van der Waals surface area contributed by atoms with Crippen LogP contribution >= 0.6 is 0 Å². The summed E-state index contributed by atoms with van der Waals surface area (Å²) in [6.07, 6.45) is 1.55. The third-order valence-electron chi connectivity index (χ3n) is 7.23. The van der Waals surface area contributed by atoms with E-state index in [0.29, 0.717) is 25.2 Å². The Morgan fingerprint density at radius 3 is 1.81 bits per heavy atom. The zero-order chi connectivity index (χ0) is 21.9. The highest BCUT2D eigenvalue weighted by Gasteiger charge is 2.61. The highest BCUT2D eigenvalue weighted by Crippen LogP contribution is 2.59. The second-order valence-electron chi connectivity index (χ2n) is 10.2. The molecule has 1 unspecified atom stereocenters. The molecule has 0 spiro atoms. The van der Waals surface area contributed by atoms with Gasteiger partial charge in [-0.1, -0.05) is 81.4 Å². The van der Waals surface area contributed by atoms with Gasteiger partial charge in [-0.25, -0.2) is 4.99 Å². The normalized spacial score (nSPS) is 37.1. The zero-order valence-corrected chi connectivity index (χ0v) is 18.2. The van der Waals surface area contributed by atoms with Crippen molar-refractivity contribution in [3.05, 3.63) is 71.8 Å². The van der Waals surface area contributed by atoms with Gasteiger partial charge in [-0.3, -0.25) is 14.9 Å². The van der Waals surface area contributed by atoms with E-state index in [2.05, 4.69) is 36.5 Å². The minimum Gasteiger partial charge on any atom is -0.470 e. The summed E-state index contributed by atoms with van der Waals surface area (Å²) in [7, 11) is 0. The number of imide groups is 1. The SMILES string of the molecule is CC1(C2=N[C@@H](c3ccccc3)[C@H](c3ccccc3)O2)C[C@@]2(C)C[C@@](C)(C1)C(=O)NC2=O. The molecule has 2 aliphatic heterocycles. The van der Waals surface area contributed by atoms with Crippen molar-refractivity contribution in [2.75, 3.05) is 0 Å². The van der Waals surface area contributed by atoms with Gasteiger partial charge in [-0.05, 0) is 30.4 Å². The van der Waals surface area contributed by atoms with E-state index in [4.69, 9.17) is 9.73 Å². The van der Waals surface area contributed by atoms with Crippen molar-refractivity contribution in [3.63, 3.8) is 0 Å². The molecule has 5 heteroatoms. The van der Waals surface area contributed by atoms with Crippen molar-refractivity contribution < 1.29 is 14.3 Å². The number of rotatable bonds is 3. The summed E-state index contributed by atoms with van der Waals surface area (Å²) in [5.74, 6) is 0.298. The molecule has 1 saturated heterocycles. The summed E-state index contributed by atoms with van der Waals surface area (Å²) in [6.45, 7) is 6.02. The van der Waals surface area contributed by atoms with Crippen molar-refractivity contribution in [2.45, 2.75) is 52.2 Å². The number of fused-ring (bicyclic) bond motifs is 2. The molecular weight excluding hydrogens is 388 g/mol. The molecule has 3 aliphatic rings. The van der Waals surface area contributed by atoms with Crippen LogP contribution in [0.15, 0.2) is 65.7 Å². The largest absolute Gasteiger partial charge is 0.470 e. The number of nitrogens with one attached hydrogen (secondary N) is 1. The maximum atomic E-state index is 12.7. The van der Waals surface area contributed by atoms with Crippen LogP contribution < -0.4 is 5.32 Å². The molecule has 0 radical (unpaired) electrons. The Morgan fingerprint density at radius 2 is 1.26 bits per heavy atom. The molecule has 2 heterocycles. The molecular formula is C26H28N2O3. The predicted octanol–water partition coefficient (Wildman–Crippen LogP) is 4.76. The fourth-order valence-corrected chi connectivity index (χ4v) is 6.15. The molecule has 0 aromatic heterocycles. The van der Waals surface area contributed by atoms with Gasteiger partial charge in [0.05, 0.1) is 0 Å². The lowest BCUT2D eigenvalue weighted by atomic mass is 9.52. The molecule has 1 N–H and O–H groups in total. The summed E-state index contributed by atoms with van der Waals surface area (Å²) in [5, 5.41) is 2.60. The van der Waals surface area contributed by atoms with E-state index >= 15 is 0 Å². The summed E-state index contributed by atoms with van der Waals surface area (Å²) in [4.78, 5) is 30.6. The zero-order valence-electron chi connectivity index (χ0n) is 18.2. The van der Waals surface area contributed by atoms with Crippen LogP contribution in [0.3, 0.4) is 0 Å². The Hall–Kier alpha value is -2.95. The predicted molar refractivity (Wildman–Crippen MR) is 118 cm³/mol. The van der Waals surface area contributed by atoms with Crippen LogP contribution in [0.5, 0.6) is 0 Å². The molecule has 31 heavy (non-hydrogen) atoms. The molecule has 2 bridgehead atoms. The number of hydrogen-bond acceptors (Lipinski definition) is 4. The van der Waals surface area contributed by atoms with Crippen LogP contribution in [-0.2, 0) is 14.3 Å². The van der Waals surface area contributed by atoms with E-state index in [-0.39, 0.29) is 24.0 Å². The molecule has 5 atom stereocenters. The maximum absolute atomic E-state index is 12.7. The monoisotopic (exact) mass is 416 g/mol. The maximum Gasteiger partial charge on any atom is 0.232 e. The smallest absolute Gasteiger partial charge is 0.232 e. The van der Waals surface area contributed by atoms with Crippen LogP contribution in [0.1, 0.15) is 63.3 Å². The van der Waals surface area contributed by atoms with Gasteiger partial charge in [0.2, 0.25) is 11.8 Å². The summed E-state index contributed by atoms with van der Waals surface area (Å²) < 4.78 is 6.59. The van der Waals surface area contributed by atoms with Crippen LogP contribution in [-0.4, -0.2) is 17.7 Å². The number of carbonyl (C=O) groups is 2. The number of aliphatic imine (C=N–C) groups is 1. The second-order valence-corrected chi connectivity index (χ2v) is 10.2. The van der Waals surface area contributed by atoms with Gasteiger partial charge in [-0.2, -0.15) is 0 Å². The Labute approximate surface area is 182 Å². The van der Waals surface area contributed by atoms with Crippen molar-refractivity contribution in [3.8, 4) is 0 Å². The van der Waals surface area contributed by atoms with Crippen molar-refractivity contribution in [1.82, 2.24) is 5.32 Å². The lowest BCUT2D eigenvalue weighted by Crippen LogP contribution is -2.62. The lowest BCUT2D eigenvalue weighted by molar-refractivity contribution is -0.158. The van der Waals surface area contributed by atoms with Gasteiger partial charge < -0.3 is 4.74 Å². The fraction of sp³-hybridized carbons (Fsp3) is 0.423. The standard InChI is InChI=1S/C26H28N2O3/c1-24-14-25(2,22(30)28-21(24)29)16-26(3,15-24)23-27-19(17-10-6-4-7-11-17)20(31-23)18-12-8-5-9-13-18/h4-13,19-20H,14-16H2,1-3H3,(H,28,29,30)/t19-,20-,24-,25+,26?/m0/s1. The molecule has 5 rings (SSSR count). The van der Waals surface area contributed by atoms with E-state index in [0.717, 1.165) is 11.1 Å². The number of benzene rings is 2. The van der Waals surface area contributed by atoms with Crippen molar-refractivity contribution in [2.24, 2.45) is 21.2 Å². The molecule has 5 nitrogen and oxygen atoms in total. The van der Waals surface area contributed by atoms with Gasteiger partial charge in [0.15, 0.2) is 12.0 Å². The summed E-state index contributed by atoms with van der Waals surface area (Å²) in [5.41, 5.74) is 0.438. The topological polar surface area (TPSA) is 67.8 Å². The molecule has 160 valence electrons. The number of piperidine rings is 1. The number of hydrogen-bond donors (Lipinski definition) is 1. The Bertz CT molecular complexity index is 1040. The highest BCUT2D eigenvalue weighted by molar-refractivity contribution is 6.04. The van der Waals surface area contributed by atoms with Gasteiger partial charge >= 0.3 is 0 Å². The fourth-order valence-electron chi connectivity index (χ4n) is 6.15. The average molecular weight is 417 g/mol. The summed E-state index contributed by atoms with van der Waals surface area (Å²) >= 11 is 0. The lowest BCUT2D eigenvalue weighted by Gasteiger charge is -2.53. The minimum absolute atomic E-state index is 0.165. The quantitative estimate of drug-likeness (QED) is 0.734. The number of ether oxygens (including phenoxy) is 1. The van der Waals surface area contributed by atoms with E-state index in [9.17, 15) is 9.59 Å². The van der Waals surface area contributed by atoms with Gasteiger partial charge in [0.1, 0.15) is 6.04 Å². The Morgan fingerprint density at radius 1 is 0.774 bits per heavy atom. The van der Waals surface area contributed by atoms with Crippen LogP contribution in [0.4, 0.5) is 0 Å². The van der Waals surface area contributed by atoms with Gasteiger partial charge in [0, 0.05) is 16.2 Å². The first-order valence-corrected chi connectivity index (χ1v) is 10.9.